The number of hydrogen-bond donors (Lipinski definition) is 0. The molecule has 0 aromatic carbocycles. The van der Waals surface area contributed by atoms with Gasteiger partial charge in [0.1, 0.15) is 6.07 Å². The Bertz CT molecular complexity index is 1020. The molecule has 0 saturated heterocycles. The van der Waals surface area contributed by atoms with E-state index >= 15 is 0 Å². The minimum Gasteiger partial charge on any atom is -0.449 e. The predicted octanol–water partition coefficient (Wildman–Crippen LogP) is 4.20. The minimum atomic E-state index is -0.360. The number of ketones is 1. The number of rotatable bonds is 8. The molecular formula is C24H25N3O3S. The summed E-state index contributed by atoms with van der Waals surface area (Å²) in [6.45, 7) is 4.41. The second kappa shape index (κ2) is 10.7. The van der Waals surface area contributed by atoms with Crippen LogP contribution in [0.3, 0.4) is 0 Å². The third-order valence-electron chi connectivity index (χ3n) is 5.19. The number of ether oxygens (including phenoxy) is 1. The third kappa shape index (κ3) is 5.89. The lowest BCUT2D eigenvalue weighted by Crippen LogP contribution is -2.30. The van der Waals surface area contributed by atoms with Gasteiger partial charge in [0.25, 0.3) is 0 Å². The number of fused-ring (bicyclic) bond motifs is 1. The SMILES string of the molecule is C=CCN(C)C(=O)OCC1CCc2c(sc(CC(=O)/C=C/c3cccnc3)c2C#N)C1. The van der Waals surface area contributed by atoms with Crippen LogP contribution in [0.4, 0.5) is 4.79 Å². The lowest BCUT2D eigenvalue weighted by Gasteiger charge is -2.23. The van der Waals surface area contributed by atoms with Crippen LogP contribution in [0.25, 0.3) is 6.08 Å². The highest BCUT2D eigenvalue weighted by Gasteiger charge is 2.27. The van der Waals surface area contributed by atoms with Gasteiger partial charge in [0.2, 0.25) is 0 Å². The molecule has 1 amide bonds. The lowest BCUT2D eigenvalue weighted by molar-refractivity contribution is -0.113. The van der Waals surface area contributed by atoms with Crippen LogP contribution < -0.4 is 0 Å². The summed E-state index contributed by atoms with van der Waals surface area (Å²) in [5.41, 5.74) is 2.56. The lowest BCUT2D eigenvalue weighted by atomic mass is 9.87. The van der Waals surface area contributed by atoms with Crippen molar-refractivity contribution in [2.75, 3.05) is 20.2 Å². The molecule has 1 aliphatic rings. The van der Waals surface area contributed by atoms with Gasteiger partial charge in [0.15, 0.2) is 5.78 Å². The van der Waals surface area contributed by atoms with E-state index in [0.29, 0.717) is 18.7 Å². The Morgan fingerprint density at radius 2 is 2.32 bits per heavy atom. The average molecular weight is 436 g/mol. The smallest absolute Gasteiger partial charge is 0.409 e. The van der Waals surface area contributed by atoms with Gasteiger partial charge in [-0.2, -0.15) is 5.26 Å². The quantitative estimate of drug-likeness (QED) is 0.458. The first-order valence-corrected chi connectivity index (χ1v) is 11.0. The molecule has 0 saturated carbocycles. The van der Waals surface area contributed by atoms with Gasteiger partial charge in [0.05, 0.1) is 12.2 Å². The number of pyridine rings is 1. The number of thiophene rings is 1. The van der Waals surface area contributed by atoms with Gasteiger partial charge in [-0.1, -0.05) is 12.1 Å². The summed E-state index contributed by atoms with van der Waals surface area (Å²) in [4.78, 5) is 31.9. The standard InChI is InChI=1S/C24H25N3O3S/c1-3-11-27(2)24(29)30-16-18-7-9-20-21(14-25)23(31-22(20)12-18)13-19(28)8-6-17-5-4-10-26-15-17/h3-6,8,10,15,18H,1,7,9,11-13,16H2,2H3/b8-6+. The summed E-state index contributed by atoms with van der Waals surface area (Å²) in [6, 6.07) is 5.99. The number of carbonyl (C=O) groups is 2. The van der Waals surface area contributed by atoms with E-state index in [1.54, 1.807) is 37.7 Å². The van der Waals surface area contributed by atoms with E-state index in [1.165, 1.54) is 16.2 Å². The Morgan fingerprint density at radius 1 is 1.48 bits per heavy atom. The Hall–Kier alpha value is -3.24. The number of carbonyl (C=O) groups excluding carboxylic acids is 2. The molecule has 0 fully saturated rings. The number of nitrogens with zero attached hydrogens (tertiary/aromatic N) is 3. The van der Waals surface area contributed by atoms with Crippen molar-refractivity contribution in [2.45, 2.75) is 25.7 Å². The van der Waals surface area contributed by atoms with Crippen molar-refractivity contribution >= 4 is 29.3 Å². The molecule has 2 aromatic heterocycles. The molecule has 2 heterocycles. The number of hydrogen-bond acceptors (Lipinski definition) is 6. The van der Waals surface area contributed by atoms with Crippen molar-refractivity contribution in [3.63, 3.8) is 0 Å². The second-order valence-electron chi connectivity index (χ2n) is 7.53. The van der Waals surface area contributed by atoms with E-state index in [0.717, 1.165) is 40.1 Å². The molecule has 0 bridgehead atoms. The first-order valence-electron chi connectivity index (χ1n) is 10.1. The fourth-order valence-electron chi connectivity index (χ4n) is 3.56. The normalized spacial score (nSPS) is 15.2. The summed E-state index contributed by atoms with van der Waals surface area (Å²) >= 11 is 1.54. The van der Waals surface area contributed by atoms with E-state index in [9.17, 15) is 14.9 Å². The minimum absolute atomic E-state index is 0.0466. The Kier molecular flexibility index (Phi) is 7.74. The van der Waals surface area contributed by atoms with Gasteiger partial charge in [0, 0.05) is 42.2 Å². The molecule has 1 unspecified atom stereocenters. The molecule has 0 aliphatic heterocycles. The number of aromatic nitrogens is 1. The van der Waals surface area contributed by atoms with Crippen molar-refractivity contribution < 1.29 is 14.3 Å². The molecule has 0 spiro atoms. The van der Waals surface area contributed by atoms with Crippen molar-refractivity contribution in [2.24, 2.45) is 5.92 Å². The van der Waals surface area contributed by atoms with Crippen molar-refractivity contribution in [1.29, 1.82) is 5.26 Å². The average Bonchev–Trinajstić information content (AvgIpc) is 3.12. The maximum Gasteiger partial charge on any atom is 0.409 e. The largest absolute Gasteiger partial charge is 0.449 e. The Morgan fingerprint density at radius 3 is 3.03 bits per heavy atom. The predicted molar refractivity (Wildman–Crippen MR) is 121 cm³/mol. The summed E-state index contributed by atoms with van der Waals surface area (Å²) in [6.07, 6.45) is 10.5. The summed E-state index contributed by atoms with van der Waals surface area (Å²) in [5, 5.41) is 9.67. The van der Waals surface area contributed by atoms with E-state index in [2.05, 4.69) is 17.6 Å². The van der Waals surface area contributed by atoms with Crippen LogP contribution in [0.2, 0.25) is 0 Å². The molecule has 160 valence electrons. The number of likely N-dealkylation sites (N-methyl/N-ethyl adjacent to an activating group) is 1. The van der Waals surface area contributed by atoms with Gasteiger partial charge >= 0.3 is 6.09 Å². The monoisotopic (exact) mass is 435 g/mol. The zero-order chi connectivity index (χ0) is 22.2. The molecular weight excluding hydrogens is 410 g/mol. The van der Waals surface area contributed by atoms with Crippen LogP contribution in [0.15, 0.2) is 43.3 Å². The first-order chi connectivity index (χ1) is 15.0. The topological polar surface area (TPSA) is 83.3 Å². The van der Waals surface area contributed by atoms with Gasteiger partial charge < -0.3 is 9.64 Å². The molecule has 31 heavy (non-hydrogen) atoms. The van der Waals surface area contributed by atoms with Gasteiger partial charge in [-0.25, -0.2) is 4.79 Å². The maximum atomic E-state index is 12.4. The molecule has 1 aliphatic carbocycles. The van der Waals surface area contributed by atoms with Crippen molar-refractivity contribution in [3.05, 3.63) is 69.7 Å². The summed E-state index contributed by atoms with van der Waals surface area (Å²) < 4.78 is 5.42. The van der Waals surface area contributed by atoms with Crippen LogP contribution in [0, 0.1) is 17.2 Å². The molecule has 3 rings (SSSR count). The summed E-state index contributed by atoms with van der Waals surface area (Å²) in [7, 11) is 1.67. The van der Waals surface area contributed by atoms with Crippen LogP contribution in [-0.2, 0) is 28.8 Å². The highest BCUT2D eigenvalue weighted by atomic mass is 32.1. The fraction of sp³-hybridized carbons (Fsp3) is 0.333. The molecule has 0 N–H and O–H groups in total. The summed E-state index contributed by atoms with van der Waals surface area (Å²) in [5.74, 6) is 0.169. The fourth-order valence-corrected chi connectivity index (χ4v) is 4.99. The van der Waals surface area contributed by atoms with Crippen LogP contribution in [-0.4, -0.2) is 42.0 Å². The van der Waals surface area contributed by atoms with Gasteiger partial charge in [-0.05, 0) is 54.5 Å². The van der Waals surface area contributed by atoms with E-state index in [-0.39, 0.29) is 24.2 Å². The van der Waals surface area contributed by atoms with Crippen LogP contribution in [0.5, 0.6) is 0 Å². The third-order valence-corrected chi connectivity index (χ3v) is 6.44. The Labute approximate surface area is 186 Å². The van der Waals surface area contributed by atoms with Crippen molar-refractivity contribution in [1.82, 2.24) is 9.88 Å². The number of allylic oxidation sites excluding steroid dienone is 1. The van der Waals surface area contributed by atoms with E-state index < -0.39 is 0 Å². The first kappa shape index (κ1) is 22.4. The highest BCUT2D eigenvalue weighted by molar-refractivity contribution is 7.12. The van der Waals surface area contributed by atoms with Crippen LogP contribution in [0.1, 0.15) is 32.9 Å². The Balaban J connectivity index is 1.63. The molecule has 6 nitrogen and oxygen atoms in total. The molecule has 1 atom stereocenters. The zero-order valence-corrected chi connectivity index (χ0v) is 18.4. The molecule has 0 radical (unpaired) electrons. The number of nitriles is 1. The van der Waals surface area contributed by atoms with E-state index in [1.807, 2.05) is 12.1 Å². The molecule has 7 heteroatoms. The second-order valence-corrected chi connectivity index (χ2v) is 8.72. The zero-order valence-electron chi connectivity index (χ0n) is 17.5. The number of amides is 1. The van der Waals surface area contributed by atoms with E-state index in [4.69, 9.17) is 4.74 Å². The highest BCUT2D eigenvalue weighted by Crippen LogP contribution is 2.36. The van der Waals surface area contributed by atoms with Crippen LogP contribution >= 0.6 is 11.3 Å². The van der Waals surface area contributed by atoms with Crippen molar-refractivity contribution in [3.8, 4) is 6.07 Å². The molecule has 2 aromatic rings. The maximum absolute atomic E-state index is 12.4. The van der Waals surface area contributed by atoms with Gasteiger partial charge in [-0.3, -0.25) is 9.78 Å². The van der Waals surface area contributed by atoms with Gasteiger partial charge in [-0.15, -0.1) is 17.9 Å².